The molecule has 0 saturated carbocycles. The SMILES string of the molecule is CCCNCc1cc(F)ccc1N1CCCC(N(C)C)C1. The number of anilines is 1. The van der Waals surface area contributed by atoms with E-state index >= 15 is 0 Å². The zero-order valence-corrected chi connectivity index (χ0v) is 13.5. The Kier molecular flexibility index (Phi) is 6.00. The Morgan fingerprint density at radius 2 is 2.19 bits per heavy atom. The van der Waals surface area contributed by atoms with Gasteiger partial charge in [0.05, 0.1) is 0 Å². The number of benzene rings is 1. The summed E-state index contributed by atoms with van der Waals surface area (Å²) < 4.78 is 13.6. The van der Waals surface area contributed by atoms with Crippen molar-refractivity contribution in [1.82, 2.24) is 10.2 Å². The fourth-order valence-electron chi connectivity index (χ4n) is 3.00. The Balaban J connectivity index is 2.13. The number of hydrogen-bond donors (Lipinski definition) is 1. The molecule has 1 fully saturated rings. The molecule has 118 valence electrons. The standard InChI is InChI=1S/C17H28FN3/c1-4-9-19-12-14-11-15(18)7-8-17(14)21-10-5-6-16(13-21)20(2)3/h7-8,11,16,19H,4-6,9-10,12-13H2,1-3H3. The lowest BCUT2D eigenvalue weighted by Gasteiger charge is -2.38. The van der Waals surface area contributed by atoms with Crippen LogP contribution in [0.15, 0.2) is 18.2 Å². The Labute approximate surface area is 128 Å². The average Bonchev–Trinajstić information content (AvgIpc) is 2.48. The molecule has 1 atom stereocenters. The molecular formula is C17H28FN3. The molecule has 0 radical (unpaired) electrons. The van der Waals surface area contributed by atoms with Gasteiger partial charge in [-0.15, -0.1) is 0 Å². The van der Waals surface area contributed by atoms with E-state index in [1.807, 2.05) is 6.07 Å². The third kappa shape index (κ3) is 4.42. The molecule has 0 bridgehead atoms. The Bertz CT molecular complexity index is 448. The van der Waals surface area contributed by atoms with Gasteiger partial charge in [-0.2, -0.15) is 0 Å². The quantitative estimate of drug-likeness (QED) is 0.814. The van der Waals surface area contributed by atoms with E-state index in [-0.39, 0.29) is 5.82 Å². The number of rotatable bonds is 6. The number of halogens is 1. The van der Waals surface area contributed by atoms with Crippen LogP contribution in [0.5, 0.6) is 0 Å². The highest BCUT2D eigenvalue weighted by atomic mass is 19.1. The molecule has 21 heavy (non-hydrogen) atoms. The Morgan fingerprint density at radius 3 is 2.90 bits per heavy atom. The third-order valence-corrected chi connectivity index (χ3v) is 4.25. The number of nitrogens with one attached hydrogen (secondary N) is 1. The summed E-state index contributed by atoms with van der Waals surface area (Å²) in [6.45, 7) is 5.95. The first-order valence-electron chi connectivity index (χ1n) is 8.02. The lowest BCUT2D eigenvalue weighted by molar-refractivity contribution is 0.258. The van der Waals surface area contributed by atoms with E-state index in [9.17, 15) is 4.39 Å². The van der Waals surface area contributed by atoms with E-state index in [1.165, 1.54) is 18.5 Å². The van der Waals surface area contributed by atoms with Gasteiger partial charge in [-0.05, 0) is 63.7 Å². The zero-order chi connectivity index (χ0) is 15.2. The number of nitrogens with zero attached hydrogens (tertiary/aromatic N) is 2. The van der Waals surface area contributed by atoms with E-state index in [4.69, 9.17) is 0 Å². The minimum atomic E-state index is -0.145. The van der Waals surface area contributed by atoms with Crippen molar-refractivity contribution in [2.45, 2.75) is 38.8 Å². The van der Waals surface area contributed by atoms with Crippen molar-refractivity contribution >= 4 is 5.69 Å². The van der Waals surface area contributed by atoms with Crippen molar-refractivity contribution in [3.05, 3.63) is 29.6 Å². The van der Waals surface area contributed by atoms with Gasteiger partial charge in [0, 0.05) is 31.4 Å². The highest BCUT2D eigenvalue weighted by Gasteiger charge is 2.23. The minimum Gasteiger partial charge on any atom is -0.370 e. The Hall–Kier alpha value is -1.13. The summed E-state index contributed by atoms with van der Waals surface area (Å²) in [4.78, 5) is 4.71. The van der Waals surface area contributed by atoms with Crippen LogP contribution in [-0.2, 0) is 6.54 Å². The van der Waals surface area contributed by atoms with Gasteiger partial charge in [-0.1, -0.05) is 6.92 Å². The molecule has 0 aliphatic carbocycles. The molecule has 1 saturated heterocycles. The lowest BCUT2D eigenvalue weighted by Crippen LogP contribution is -2.45. The summed E-state index contributed by atoms with van der Waals surface area (Å²) in [6.07, 6.45) is 3.53. The minimum absolute atomic E-state index is 0.145. The maximum absolute atomic E-state index is 13.6. The predicted octanol–water partition coefficient (Wildman–Crippen LogP) is 2.86. The number of hydrogen-bond acceptors (Lipinski definition) is 3. The van der Waals surface area contributed by atoms with Crippen LogP contribution in [0.1, 0.15) is 31.7 Å². The molecule has 1 N–H and O–H groups in total. The number of piperidine rings is 1. The lowest BCUT2D eigenvalue weighted by atomic mass is 10.0. The summed E-state index contributed by atoms with van der Waals surface area (Å²) >= 11 is 0. The smallest absolute Gasteiger partial charge is 0.123 e. The van der Waals surface area contributed by atoms with E-state index in [0.29, 0.717) is 6.04 Å². The van der Waals surface area contributed by atoms with Crippen molar-refractivity contribution < 1.29 is 4.39 Å². The summed E-state index contributed by atoms with van der Waals surface area (Å²) in [5.41, 5.74) is 2.26. The maximum atomic E-state index is 13.6. The van der Waals surface area contributed by atoms with Crippen LogP contribution < -0.4 is 10.2 Å². The van der Waals surface area contributed by atoms with Crippen LogP contribution in [0, 0.1) is 5.82 Å². The third-order valence-electron chi connectivity index (χ3n) is 4.25. The van der Waals surface area contributed by atoms with Crippen molar-refractivity contribution in [1.29, 1.82) is 0 Å². The monoisotopic (exact) mass is 293 g/mol. The van der Waals surface area contributed by atoms with Gasteiger partial charge in [0.15, 0.2) is 0 Å². The van der Waals surface area contributed by atoms with Gasteiger partial charge in [0.25, 0.3) is 0 Å². The first-order valence-corrected chi connectivity index (χ1v) is 8.02. The second-order valence-corrected chi connectivity index (χ2v) is 6.16. The summed E-state index contributed by atoms with van der Waals surface area (Å²) in [7, 11) is 4.28. The van der Waals surface area contributed by atoms with Crippen LogP contribution in [0.3, 0.4) is 0 Å². The summed E-state index contributed by atoms with van der Waals surface area (Å²) in [5.74, 6) is -0.145. The fourth-order valence-corrected chi connectivity index (χ4v) is 3.00. The molecule has 1 aliphatic rings. The predicted molar refractivity (Wildman–Crippen MR) is 87.3 cm³/mol. The van der Waals surface area contributed by atoms with Crippen molar-refractivity contribution in [3.8, 4) is 0 Å². The maximum Gasteiger partial charge on any atom is 0.123 e. The molecule has 0 spiro atoms. The summed E-state index contributed by atoms with van der Waals surface area (Å²) in [6, 6.07) is 5.78. The van der Waals surface area contributed by atoms with Gasteiger partial charge in [0.1, 0.15) is 5.82 Å². The molecule has 3 nitrogen and oxygen atoms in total. The molecule has 4 heteroatoms. The first kappa shape index (κ1) is 16.2. The van der Waals surface area contributed by atoms with E-state index in [1.54, 1.807) is 12.1 Å². The molecule has 0 amide bonds. The molecule has 1 unspecified atom stereocenters. The zero-order valence-electron chi connectivity index (χ0n) is 13.5. The van der Waals surface area contributed by atoms with Gasteiger partial charge >= 0.3 is 0 Å². The molecular weight excluding hydrogens is 265 g/mol. The molecule has 1 heterocycles. The van der Waals surface area contributed by atoms with Crippen LogP contribution in [0.25, 0.3) is 0 Å². The topological polar surface area (TPSA) is 18.5 Å². The molecule has 1 aromatic carbocycles. The van der Waals surface area contributed by atoms with Crippen molar-refractivity contribution in [2.75, 3.05) is 38.6 Å². The van der Waals surface area contributed by atoms with Crippen LogP contribution >= 0.6 is 0 Å². The largest absolute Gasteiger partial charge is 0.370 e. The Morgan fingerprint density at radius 1 is 1.38 bits per heavy atom. The van der Waals surface area contributed by atoms with Gasteiger partial charge in [0.2, 0.25) is 0 Å². The van der Waals surface area contributed by atoms with Crippen LogP contribution in [-0.4, -0.2) is 44.7 Å². The molecule has 1 aliphatic heterocycles. The molecule has 0 aromatic heterocycles. The normalized spacial score (nSPS) is 19.3. The fraction of sp³-hybridized carbons (Fsp3) is 0.647. The van der Waals surface area contributed by atoms with Gasteiger partial charge < -0.3 is 15.1 Å². The average molecular weight is 293 g/mol. The second kappa shape index (κ2) is 7.76. The first-order chi connectivity index (χ1) is 10.1. The molecule has 2 rings (SSSR count). The van der Waals surface area contributed by atoms with Gasteiger partial charge in [-0.3, -0.25) is 0 Å². The van der Waals surface area contributed by atoms with E-state index in [0.717, 1.165) is 38.2 Å². The van der Waals surface area contributed by atoms with Crippen molar-refractivity contribution in [3.63, 3.8) is 0 Å². The van der Waals surface area contributed by atoms with Gasteiger partial charge in [-0.25, -0.2) is 4.39 Å². The highest BCUT2D eigenvalue weighted by molar-refractivity contribution is 5.54. The van der Waals surface area contributed by atoms with Crippen molar-refractivity contribution in [2.24, 2.45) is 0 Å². The second-order valence-electron chi connectivity index (χ2n) is 6.16. The molecule has 1 aromatic rings. The summed E-state index contributed by atoms with van der Waals surface area (Å²) in [5, 5.41) is 3.39. The van der Waals surface area contributed by atoms with E-state index in [2.05, 4.69) is 36.1 Å². The highest BCUT2D eigenvalue weighted by Crippen LogP contribution is 2.26. The number of likely N-dealkylation sites (N-methyl/N-ethyl adjacent to an activating group) is 1. The van der Waals surface area contributed by atoms with Crippen LogP contribution in [0.2, 0.25) is 0 Å². The van der Waals surface area contributed by atoms with E-state index < -0.39 is 0 Å². The van der Waals surface area contributed by atoms with Crippen LogP contribution in [0.4, 0.5) is 10.1 Å².